The highest BCUT2D eigenvalue weighted by Gasteiger charge is 2.32. The minimum Gasteiger partial charge on any atom is -0.481 e. The Hall–Kier alpha value is -1.31. The van der Waals surface area contributed by atoms with E-state index in [1.165, 1.54) is 9.80 Å². The zero-order valence-corrected chi connectivity index (χ0v) is 11.4. The molecule has 0 aromatic carbocycles. The van der Waals surface area contributed by atoms with E-state index in [1.54, 1.807) is 0 Å². The van der Waals surface area contributed by atoms with Gasteiger partial charge in [-0.05, 0) is 12.8 Å². The van der Waals surface area contributed by atoms with E-state index in [0.29, 0.717) is 19.4 Å². The SMILES string of the molecule is O=C(O)C1CCCN(C(=O)N2CCS(=O)(=O)CC2)C1. The van der Waals surface area contributed by atoms with E-state index in [1.807, 2.05) is 0 Å². The van der Waals surface area contributed by atoms with Gasteiger partial charge in [0.1, 0.15) is 0 Å². The van der Waals surface area contributed by atoms with Crippen molar-refractivity contribution in [2.75, 3.05) is 37.7 Å². The van der Waals surface area contributed by atoms with Gasteiger partial charge < -0.3 is 14.9 Å². The lowest BCUT2D eigenvalue weighted by Gasteiger charge is -2.36. The number of aliphatic carboxylic acids is 1. The first-order valence-electron chi connectivity index (χ1n) is 6.36. The molecule has 2 aliphatic heterocycles. The first-order chi connectivity index (χ1) is 8.89. The second-order valence-electron chi connectivity index (χ2n) is 5.04. The van der Waals surface area contributed by atoms with Crippen LogP contribution in [-0.2, 0) is 14.6 Å². The van der Waals surface area contributed by atoms with Gasteiger partial charge >= 0.3 is 12.0 Å². The van der Waals surface area contributed by atoms with E-state index in [4.69, 9.17) is 5.11 Å². The summed E-state index contributed by atoms with van der Waals surface area (Å²) in [6.45, 7) is 1.17. The number of hydrogen-bond donors (Lipinski definition) is 1. The molecule has 0 aromatic rings. The summed E-state index contributed by atoms with van der Waals surface area (Å²) >= 11 is 0. The molecule has 0 aromatic heterocycles. The standard InChI is InChI=1S/C11H18N2O5S/c14-10(15)9-2-1-3-13(8-9)11(16)12-4-6-19(17,18)7-5-12/h9H,1-8H2,(H,14,15). The van der Waals surface area contributed by atoms with Gasteiger partial charge in [0.15, 0.2) is 9.84 Å². The average molecular weight is 290 g/mol. The third-order valence-electron chi connectivity index (χ3n) is 3.66. The van der Waals surface area contributed by atoms with Crippen LogP contribution in [0.25, 0.3) is 0 Å². The third kappa shape index (κ3) is 3.37. The number of likely N-dealkylation sites (tertiary alicyclic amines) is 1. The molecular weight excluding hydrogens is 272 g/mol. The summed E-state index contributed by atoms with van der Waals surface area (Å²) in [5.41, 5.74) is 0. The number of hydrogen-bond acceptors (Lipinski definition) is 4. The van der Waals surface area contributed by atoms with Gasteiger partial charge in [-0.3, -0.25) is 4.79 Å². The molecule has 2 saturated heterocycles. The second-order valence-corrected chi connectivity index (χ2v) is 7.35. The van der Waals surface area contributed by atoms with Crippen LogP contribution in [0.2, 0.25) is 0 Å². The number of urea groups is 1. The Kier molecular flexibility index (Phi) is 3.98. The van der Waals surface area contributed by atoms with Crippen LogP contribution in [0.3, 0.4) is 0 Å². The van der Waals surface area contributed by atoms with Crippen LogP contribution in [0, 0.1) is 5.92 Å². The molecule has 2 rings (SSSR count). The van der Waals surface area contributed by atoms with Gasteiger partial charge in [0.05, 0.1) is 17.4 Å². The highest BCUT2D eigenvalue weighted by atomic mass is 32.2. The molecular formula is C11H18N2O5S. The fraction of sp³-hybridized carbons (Fsp3) is 0.818. The van der Waals surface area contributed by atoms with E-state index in [0.717, 1.165) is 0 Å². The summed E-state index contributed by atoms with van der Waals surface area (Å²) in [7, 11) is -3.01. The van der Waals surface area contributed by atoms with Crippen molar-refractivity contribution in [1.82, 2.24) is 9.80 Å². The zero-order chi connectivity index (χ0) is 14.0. The molecule has 2 fully saturated rings. The van der Waals surface area contributed by atoms with E-state index < -0.39 is 21.7 Å². The van der Waals surface area contributed by atoms with Crippen LogP contribution in [0.15, 0.2) is 0 Å². The maximum Gasteiger partial charge on any atom is 0.320 e. The van der Waals surface area contributed by atoms with Crippen LogP contribution >= 0.6 is 0 Å². The van der Waals surface area contributed by atoms with Gasteiger partial charge in [-0.1, -0.05) is 0 Å². The number of sulfone groups is 1. The van der Waals surface area contributed by atoms with Gasteiger partial charge in [0, 0.05) is 26.2 Å². The maximum absolute atomic E-state index is 12.2. The topological polar surface area (TPSA) is 95.0 Å². The third-order valence-corrected chi connectivity index (χ3v) is 5.27. The monoisotopic (exact) mass is 290 g/mol. The van der Waals surface area contributed by atoms with Crippen molar-refractivity contribution in [3.05, 3.63) is 0 Å². The van der Waals surface area contributed by atoms with Crippen molar-refractivity contribution < 1.29 is 23.1 Å². The van der Waals surface area contributed by atoms with Crippen LogP contribution in [0.4, 0.5) is 4.79 Å². The Morgan fingerprint density at radius 3 is 2.26 bits per heavy atom. The van der Waals surface area contributed by atoms with Gasteiger partial charge in [0.25, 0.3) is 0 Å². The molecule has 19 heavy (non-hydrogen) atoms. The maximum atomic E-state index is 12.2. The summed E-state index contributed by atoms with van der Waals surface area (Å²) in [5, 5.41) is 8.99. The van der Waals surface area contributed by atoms with E-state index >= 15 is 0 Å². The molecule has 1 atom stereocenters. The van der Waals surface area contributed by atoms with E-state index in [2.05, 4.69) is 0 Å². The Labute approximate surface area is 112 Å². The molecule has 0 saturated carbocycles. The minimum atomic E-state index is -3.01. The number of carboxylic acids is 1. The summed E-state index contributed by atoms with van der Waals surface area (Å²) in [6, 6.07) is -0.235. The first-order valence-corrected chi connectivity index (χ1v) is 8.18. The Morgan fingerprint density at radius 1 is 1.05 bits per heavy atom. The number of nitrogens with zero attached hydrogens (tertiary/aromatic N) is 2. The smallest absolute Gasteiger partial charge is 0.320 e. The van der Waals surface area contributed by atoms with Gasteiger partial charge in [-0.15, -0.1) is 0 Å². The summed E-state index contributed by atoms with van der Waals surface area (Å²) in [5.74, 6) is -1.39. The molecule has 2 aliphatic rings. The van der Waals surface area contributed by atoms with Gasteiger partial charge in [-0.25, -0.2) is 13.2 Å². The molecule has 108 valence electrons. The number of amides is 2. The number of carboxylic acid groups (broad SMARTS) is 1. The molecule has 1 N–H and O–H groups in total. The van der Waals surface area contributed by atoms with Crippen LogP contribution in [0.5, 0.6) is 0 Å². The molecule has 0 spiro atoms. The van der Waals surface area contributed by atoms with E-state index in [9.17, 15) is 18.0 Å². The molecule has 0 radical (unpaired) electrons. The fourth-order valence-corrected chi connectivity index (χ4v) is 3.66. The van der Waals surface area contributed by atoms with Crippen molar-refractivity contribution in [2.24, 2.45) is 5.92 Å². The predicted molar refractivity (Wildman–Crippen MR) is 67.6 cm³/mol. The zero-order valence-electron chi connectivity index (χ0n) is 10.6. The number of carbonyl (C=O) groups excluding carboxylic acids is 1. The van der Waals surface area contributed by atoms with Crippen molar-refractivity contribution in [1.29, 1.82) is 0 Å². The van der Waals surface area contributed by atoms with E-state index in [-0.39, 0.29) is 37.2 Å². The number of carbonyl (C=O) groups is 2. The molecule has 2 amide bonds. The van der Waals surface area contributed by atoms with Crippen LogP contribution < -0.4 is 0 Å². The molecule has 1 unspecified atom stereocenters. The number of rotatable bonds is 1. The molecule has 0 bridgehead atoms. The molecule has 0 aliphatic carbocycles. The van der Waals surface area contributed by atoms with Crippen molar-refractivity contribution >= 4 is 21.8 Å². The molecule has 2 heterocycles. The van der Waals surface area contributed by atoms with Gasteiger partial charge in [-0.2, -0.15) is 0 Å². The second kappa shape index (κ2) is 5.36. The van der Waals surface area contributed by atoms with Crippen LogP contribution in [0.1, 0.15) is 12.8 Å². The minimum absolute atomic E-state index is 0.00502. The highest BCUT2D eigenvalue weighted by molar-refractivity contribution is 7.91. The lowest BCUT2D eigenvalue weighted by atomic mass is 9.99. The molecule has 7 nitrogen and oxygen atoms in total. The average Bonchev–Trinajstić information content (AvgIpc) is 2.38. The quantitative estimate of drug-likeness (QED) is 0.711. The normalized spacial score (nSPS) is 27.1. The van der Waals surface area contributed by atoms with Crippen LogP contribution in [-0.4, -0.2) is 73.0 Å². The number of piperidine rings is 1. The summed E-state index contributed by atoms with van der Waals surface area (Å²) in [4.78, 5) is 26.2. The highest BCUT2D eigenvalue weighted by Crippen LogP contribution is 2.18. The van der Waals surface area contributed by atoms with Crippen molar-refractivity contribution in [3.63, 3.8) is 0 Å². The Bertz CT molecular complexity index is 461. The Morgan fingerprint density at radius 2 is 1.68 bits per heavy atom. The summed E-state index contributed by atoms with van der Waals surface area (Å²) in [6.07, 6.45) is 1.27. The first kappa shape index (κ1) is 14.1. The molecule has 8 heteroatoms. The Balaban J connectivity index is 1.94. The largest absolute Gasteiger partial charge is 0.481 e. The van der Waals surface area contributed by atoms with Crippen molar-refractivity contribution in [3.8, 4) is 0 Å². The van der Waals surface area contributed by atoms with Crippen molar-refractivity contribution in [2.45, 2.75) is 12.8 Å². The fourth-order valence-electron chi connectivity index (χ4n) is 2.46. The van der Waals surface area contributed by atoms with Gasteiger partial charge in [0.2, 0.25) is 0 Å². The lowest BCUT2D eigenvalue weighted by Crippen LogP contribution is -2.52. The predicted octanol–water partition coefficient (Wildman–Crippen LogP) is -0.367. The summed E-state index contributed by atoms with van der Waals surface area (Å²) < 4.78 is 22.6. The lowest BCUT2D eigenvalue weighted by molar-refractivity contribution is -0.143.